The zero-order valence-corrected chi connectivity index (χ0v) is 7.73. The molecule has 2 rings (SSSR count). The van der Waals surface area contributed by atoms with Gasteiger partial charge in [0.25, 0.3) is 0 Å². The molecule has 0 aliphatic carbocycles. The first-order chi connectivity index (χ1) is 6.21. The SMILES string of the molecule is CC1(c2cccnc2)CC(N)CO1. The third kappa shape index (κ3) is 1.57. The minimum Gasteiger partial charge on any atom is -0.369 e. The summed E-state index contributed by atoms with van der Waals surface area (Å²) >= 11 is 0. The van der Waals surface area contributed by atoms with E-state index in [1.165, 1.54) is 0 Å². The van der Waals surface area contributed by atoms with Crippen LogP contribution in [0.1, 0.15) is 18.9 Å². The Morgan fingerprint density at radius 2 is 2.54 bits per heavy atom. The number of aromatic nitrogens is 1. The minimum absolute atomic E-state index is 0.158. The fourth-order valence-corrected chi connectivity index (χ4v) is 1.79. The van der Waals surface area contributed by atoms with Gasteiger partial charge < -0.3 is 10.5 Å². The molecule has 1 fully saturated rings. The van der Waals surface area contributed by atoms with Crippen molar-refractivity contribution in [1.82, 2.24) is 4.98 Å². The number of nitrogens with two attached hydrogens (primary N) is 1. The summed E-state index contributed by atoms with van der Waals surface area (Å²) < 4.78 is 5.67. The van der Waals surface area contributed by atoms with E-state index in [4.69, 9.17) is 10.5 Å². The Bertz CT molecular complexity index is 288. The molecule has 1 aromatic rings. The lowest BCUT2D eigenvalue weighted by atomic mass is 9.93. The molecular formula is C10H14N2O. The van der Waals surface area contributed by atoms with E-state index in [9.17, 15) is 0 Å². The van der Waals surface area contributed by atoms with Crippen LogP contribution in [0.15, 0.2) is 24.5 Å². The van der Waals surface area contributed by atoms with Gasteiger partial charge in [0.2, 0.25) is 0 Å². The molecule has 1 aromatic heterocycles. The zero-order valence-electron chi connectivity index (χ0n) is 7.73. The van der Waals surface area contributed by atoms with E-state index >= 15 is 0 Å². The molecule has 2 heterocycles. The highest BCUT2D eigenvalue weighted by Crippen LogP contribution is 2.34. The van der Waals surface area contributed by atoms with Crippen molar-refractivity contribution in [1.29, 1.82) is 0 Å². The Morgan fingerprint density at radius 1 is 1.69 bits per heavy atom. The molecule has 0 aromatic carbocycles. The molecule has 0 saturated carbocycles. The van der Waals surface area contributed by atoms with Crippen LogP contribution in [0.4, 0.5) is 0 Å². The van der Waals surface area contributed by atoms with E-state index in [0.717, 1.165) is 12.0 Å². The van der Waals surface area contributed by atoms with Gasteiger partial charge in [-0.2, -0.15) is 0 Å². The van der Waals surface area contributed by atoms with Crippen molar-refractivity contribution in [3.63, 3.8) is 0 Å². The lowest BCUT2D eigenvalue weighted by molar-refractivity contribution is 0.0162. The van der Waals surface area contributed by atoms with E-state index in [-0.39, 0.29) is 11.6 Å². The molecule has 2 unspecified atom stereocenters. The Kier molecular flexibility index (Phi) is 2.06. The summed E-state index contributed by atoms with van der Waals surface area (Å²) in [4.78, 5) is 4.08. The maximum atomic E-state index is 5.80. The second-order valence-electron chi connectivity index (χ2n) is 3.75. The monoisotopic (exact) mass is 178 g/mol. The highest BCUT2D eigenvalue weighted by molar-refractivity contribution is 5.19. The highest BCUT2D eigenvalue weighted by Gasteiger charge is 2.36. The molecule has 0 bridgehead atoms. The van der Waals surface area contributed by atoms with Crippen molar-refractivity contribution in [3.8, 4) is 0 Å². The van der Waals surface area contributed by atoms with E-state index < -0.39 is 0 Å². The lowest BCUT2D eigenvalue weighted by Gasteiger charge is -2.22. The van der Waals surface area contributed by atoms with Crippen LogP contribution in [0.2, 0.25) is 0 Å². The van der Waals surface area contributed by atoms with Crippen molar-refractivity contribution in [3.05, 3.63) is 30.1 Å². The number of rotatable bonds is 1. The van der Waals surface area contributed by atoms with Gasteiger partial charge in [0, 0.05) is 24.0 Å². The van der Waals surface area contributed by atoms with Crippen LogP contribution < -0.4 is 5.73 Å². The van der Waals surface area contributed by atoms with Gasteiger partial charge >= 0.3 is 0 Å². The predicted octanol–water partition coefficient (Wildman–Crippen LogP) is 1.04. The smallest absolute Gasteiger partial charge is 0.0934 e. The Hall–Kier alpha value is -0.930. The summed E-state index contributed by atoms with van der Waals surface area (Å²) in [6, 6.07) is 4.11. The van der Waals surface area contributed by atoms with Gasteiger partial charge in [0.1, 0.15) is 0 Å². The van der Waals surface area contributed by atoms with Crippen LogP contribution in [0.3, 0.4) is 0 Å². The van der Waals surface area contributed by atoms with Crippen LogP contribution in [-0.4, -0.2) is 17.6 Å². The number of nitrogens with zero attached hydrogens (tertiary/aromatic N) is 1. The van der Waals surface area contributed by atoms with Crippen LogP contribution in [0, 0.1) is 0 Å². The van der Waals surface area contributed by atoms with Gasteiger partial charge in [0.15, 0.2) is 0 Å². The number of hydrogen-bond donors (Lipinski definition) is 1. The summed E-state index contributed by atoms with van der Waals surface area (Å²) in [7, 11) is 0. The normalized spacial score (nSPS) is 33.5. The molecule has 3 heteroatoms. The Morgan fingerprint density at radius 3 is 3.08 bits per heavy atom. The Labute approximate surface area is 77.9 Å². The molecule has 1 aliphatic rings. The molecule has 70 valence electrons. The first kappa shape index (κ1) is 8.66. The summed E-state index contributed by atoms with van der Waals surface area (Å²) in [5.41, 5.74) is 6.69. The summed E-state index contributed by atoms with van der Waals surface area (Å²) in [6.45, 7) is 2.71. The van der Waals surface area contributed by atoms with Crippen molar-refractivity contribution >= 4 is 0 Å². The fraction of sp³-hybridized carbons (Fsp3) is 0.500. The number of pyridine rings is 1. The van der Waals surface area contributed by atoms with Crippen LogP contribution in [0.5, 0.6) is 0 Å². The van der Waals surface area contributed by atoms with Crippen molar-refractivity contribution in [2.24, 2.45) is 5.73 Å². The quantitative estimate of drug-likeness (QED) is 0.699. The van der Waals surface area contributed by atoms with Crippen LogP contribution in [0.25, 0.3) is 0 Å². The first-order valence-corrected chi connectivity index (χ1v) is 4.51. The van der Waals surface area contributed by atoms with Crippen molar-refractivity contribution in [2.75, 3.05) is 6.61 Å². The standard InChI is InChI=1S/C10H14N2O/c1-10(5-9(11)7-13-10)8-3-2-4-12-6-8/h2-4,6,9H,5,7,11H2,1H3. The maximum absolute atomic E-state index is 5.80. The van der Waals surface area contributed by atoms with Gasteiger partial charge in [-0.1, -0.05) is 6.07 Å². The topological polar surface area (TPSA) is 48.1 Å². The van der Waals surface area contributed by atoms with Crippen LogP contribution in [-0.2, 0) is 10.3 Å². The van der Waals surface area contributed by atoms with E-state index in [1.54, 1.807) is 6.20 Å². The molecule has 0 radical (unpaired) electrons. The van der Waals surface area contributed by atoms with Gasteiger partial charge in [0.05, 0.1) is 12.2 Å². The van der Waals surface area contributed by atoms with Crippen LogP contribution >= 0.6 is 0 Å². The van der Waals surface area contributed by atoms with Gasteiger partial charge in [-0.3, -0.25) is 4.98 Å². The third-order valence-electron chi connectivity index (χ3n) is 2.54. The van der Waals surface area contributed by atoms with E-state index in [2.05, 4.69) is 11.9 Å². The molecular weight excluding hydrogens is 164 g/mol. The summed E-state index contributed by atoms with van der Waals surface area (Å²) in [5, 5.41) is 0. The van der Waals surface area contributed by atoms with E-state index in [1.807, 2.05) is 18.3 Å². The second-order valence-corrected chi connectivity index (χ2v) is 3.75. The molecule has 1 saturated heterocycles. The molecule has 13 heavy (non-hydrogen) atoms. The average molecular weight is 178 g/mol. The Balaban J connectivity index is 2.26. The second kappa shape index (κ2) is 3.09. The highest BCUT2D eigenvalue weighted by atomic mass is 16.5. The zero-order chi connectivity index (χ0) is 9.31. The molecule has 0 spiro atoms. The molecule has 2 atom stereocenters. The summed E-state index contributed by atoms with van der Waals surface area (Å²) in [5.74, 6) is 0. The van der Waals surface area contributed by atoms with Gasteiger partial charge in [-0.25, -0.2) is 0 Å². The summed E-state index contributed by atoms with van der Waals surface area (Å²) in [6.07, 6.45) is 4.48. The fourth-order valence-electron chi connectivity index (χ4n) is 1.79. The maximum Gasteiger partial charge on any atom is 0.0934 e. The molecule has 1 aliphatic heterocycles. The first-order valence-electron chi connectivity index (χ1n) is 4.51. The van der Waals surface area contributed by atoms with E-state index in [0.29, 0.717) is 6.61 Å². The number of ether oxygens (including phenoxy) is 1. The van der Waals surface area contributed by atoms with Gasteiger partial charge in [-0.15, -0.1) is 0 Å². The third-order valence-corrected chi connectivity index (χ3v) is 2.54. The minimum atomic E-state index is -0.228. The molecule has 0 amide bonds. The lowest BCUT2D eigenvalue weighted by Crippen LogP contribution is -2.23. The predicted molar refractivity (Wildman–Crippen MR) is 50.1 cm³/mol. The largest absolute Gasteiger partial charge is 0.369 e. The molecule has 3 nitrogen and oxygen atoms in total. The average Bonchev–Trinajstić information content (AvgIpc) is 2.49. The van der Waals surface area contributed by atoms with Gasteiger partial charge in [-0.05, 0) is 19.4 Å². The van der Waals surface area contributed by atoms with Crippen molar-refractivity contribution in [2.45, 2.75) is 25.0 Å². The molecule has 2 N–H and O–H groups in total. The number of hydrogen-bond acceptors (Lipinski definition) is 3. The van der Waals surface area contributed by atoms with Crippen molar-refractivity contribution < 1.29 is 4.74 Å².